The zero-order valence-electron chi connectivity index (χ0n) is 16.8. The van der Waals surface area contributed by atoms with Crippen molar-refractivity contribution in [3.05, 3.63) is 58.9 Å². The summed E-state index contributed by atoms with van der Waals surface area (Å²) in [6, 6.07) is 12.0. The highest BCUT2D eigenvalue weighted by Crippen LogP contribution is 2.28. The predicted octanol–water partition coefficient (Wildman–Crippen LogP) is 5.14. The minimum absolute atomic E-state index is 0.236. The van der Waals surface area contributed by atoms with Crippen LogP contribution in [0, 0.1) is 5.92 Å². The Hall–Kier alpha value is -1.78. The first-order valence-electron chi connectivity index (χ1n) is 10.3. The van der Waals surface area contributed by atoms with Crippen LogP contribution >= 0.6 is 11.6 Å². The van der Waals surface area contributed by atoms with Gasteiger partial charge >= 0.3 is 0 Å². The molecule has 1 aromatic heterocycles. The molecule has 0 saturated heterocycles. The van der Waals surface area contributed by atoms with Gasteiger partial charge in [-0.1, -0.05) is 49.4 Å². The van der Waals surface area contributed by atoms with Crippen LogP contribution in [0.2, 0.25) is 5.02 Å². The summed E-state index contributed by atoms with van der Waals surface area (Å²) >= 11 is 6.12. The lowest BCUT2D eigenvalue weighted by atomic mass is 10.0. The molecule has 3 rings (SSSR count). The van der Waals surface area contributed by atoms with Crippen molar-refractivity contribution in [3.63, 3.8) is 0 Å². The van der Waals surface area contributed by atoms with E-state index in [2.05, 4.69) is 22.9 Å². The maximum Gasteiger partial charge on any atom is 0.223 e. The van der Waals surface area contributed by atoms with E-state index in [-0.39, 0.29) is 5.91 Å². The van der Waals surface area contributed by atoms with Gasteiger partial charge in [0, 0.05) is 43.5 Å². The third-order valence-electron chi connectivity index (χ3n) is 5.68. The molecule has 1 aromatic carbocycles. The van der Waals surface area contributed by atoms with Gasteiger partial charge in [-0.25, -0.2) is 0 Å². The maximum absolute atomic E-state index is 12.9. The van der Waals surface area contributed by atoms with Crippen molar-refractivity contribution in [1.82, 2.24) is 9.47 Å². The lowest BCUT2D eigenvalue weighted by molar-refractivity contribution is -0.132. The fraction of sp³-hybridized carbons (Fsp3) is 0.522. The Balaban J connectivity index is 1.63. The number of aromatic nitrogens is 1. The number of hydrogen-bond donors (Lipinski definition) is 0. The van der Waals surface area contributed by atoms with E-state index in [1.54, 1.807) is 7.11 Å². The molecule has 0 aliphatic heterocycles. The van der Waals surface area contributed by atoms with Gasteiger partial charge in [0.2, 0.25) is 5.91 Å². The summed E-state index contributed by atoms with van der Waals surface area (Å²) in [7, 11) is 1.68. The van der Waals surface area contributed by atoms with Crippen molar-refractivity contribution in [3.8, 4) is 0 Å². The van der Waals surface area contributed by atoms with Crippen molar-refractivity contribution in [2.45, 2.75) is 51.6 Å². The Morgan fingerprint density at radius 1 is 1.25 bits per heavy atom. The number of ether oxygens (including phenoxy) is 1. The first kappa shape index (κ1) is 20.9. The first-order chi connectivity index (χ1) is 13.7. The molecule has 1 aliphatic rings. The molecule has 5 heteroatoms. The van der Waals surface area contributed by atoms with Gasteiger partial charge in [0.15, 0.2) is 0 Å². The molecule has 1 aliphatic carbocycles. The molecule has 1 amide bonds. The normalized spacial score (nSPS) is 14.5. The second-order valence-corrected chi connectivity index (χ2v) is 8.19. The van der Waals surface area contributed by atoms with E-state index in [4.69, 9.17) is 16.3 Å². The standard InChI is InChI=1S/C23H31ClN2O2/c1-28-15-14-26(23(27)12-11-19-6-2-3-7-19)18-22-10-5-13-25(22)17-20-8-4-9-21(24)16-20/h4-5,8-10,13,16,19H,2-3,6-7,11-12,14-15,17-18H2,1H3. The second kappa shape index (κ2) is 10.7. The summed E-state index contributed by atoms with van der Waals surface area (Å²) in [4.78, 5) is 14.8. The molecule has 1 heterocycles. The molecule has 0 spiro atoms. The largest absolute Gasteiger partial charge is 0.383 e. The fourth-order valence-corrected chi connectivity index (χ4v) is 4.27. The summed E-state index contributed by atoms with van der Waals surface area (Å²) < 4.78 is 7.43. The summed E-state index contributed by atoms with van der Waals surface area (Å²) in [5.41, 5.74) is 2.28. The Bertz CT molecular complexity index is 753. The molecule has 1 fully saturated rings. The highest BCUT2D eigenvalue weighted by molar-refractivity contribution is 6.30. The fourth-order valence-electron chi connectivity index (χ4n) is 4.05. The molecule has 0 unspecified atom stereocenters. The SMILES string of the molecule is COCCN(Cc1cccn1Cc1cccc(Cl)c1)C(=O)CCC1CCCC1. The van der Waals surface area contributed by atoms with Gasteiger partial charge < -0.3 is 14.2 Å². The minimum Gasteiger partial charge on any atom is -0.383 e. The summed E-state index contributed by atoms with van der Waals surface area (Å²) in [5.74, 6) is 0.972. The maximum atomic E-state index is 12.9. The number of carbonyl (C=O) groups excluding carboxylic acids is 1. The van der Waals surface area contributed by atoms with Crippen LogP contribution < -0.4 is 0 Å². The number of methoxy groups -OCH3 is 1. The molecule has 2 aromatic rings. The molecule has 0 atom stereocenters. The Morgan fingerprint density at radius 2 is 2.07 bits per heavy atom. The van der Waals surface area contributed by atoms with Crippen molar-refractivity contribution < 1.29 is 9.53 Å². The monoisotopic (exact) mass is 402 g/mol. The van der Waals surface area contributed by atoms with E-state index >= 15 is 0 Å². The van der Waals surface area contributed by atoms with Gasteiger partial charge in [-0.3, -0.25) is 4.79 Å². The highest BCUT2D eigenvalue weighted by Gasteiger charge is 2.20. The third-order valence-corrected chi connectivity index (χ3v) is 5.91. The number of rotatable bonds is 10. The number of nitrogens with zero attached hydrogens (tertiary/aromatic N) is 2. The lowest BCUT2D eigenvalue weighted by Gasteiger charge is -2.24. The van der Waals surface area contributed by atoms with Crippen LogP contribution in [0.1, 0.15) is 49.8 Å². The smallest absolute Gasteiger partial charge is 0.223 e. The predicted molar refractivity (Wildman–Crippen MR) is 113 cm³/mol. The Kier molecular flexibility index (Phi) is 7.99. The molecule has 0 radical (unpaired) electrons. The van der Waals surface area contributed by atoms with Crippen LogP contribution in [0.5, 0.6) is 0 Å². The van der Waals surface area contributed by atoms with Crippen molar-refractivity contribution >= 4 is 17.5 Å². The summed E-state index contributed by atoms with van der Waals surface area (Å²) in [6.45, 7) is 2.55. The van der Waals surface area contributed by atoms with Crippen LogP contribution in [0.25, 0.3) is 0 Å². The van der Waals surface area contributed by atoms with E-state index in [0.29, 0.717) is 26.1 Å². The van der Waals surface area contributed by atoms with Gasteiger partial charge in [0.05, 0.1) is 13.2 Å². The van der Waals surface area contributed by atoms with Crippen LogP contribution in [0.4, 0.5) is 0 Å². The van der Waals surface area contributed by atoms with Crippen LogP contribution in [-0.2, 0) is 22.6 Å². The zero-order chi connectivity index (χ0) is 19.8. The molecule has 28 heavy (non-hydrogen) atoms. The van der Waals surface area contributed by atoms with Gasteiger partial charge in [-0.15, -0.1) is 0 Å². The van der Waals surface area contributed by atoms with Gasteiger partial charge in [-0.05, 0) is 42.2 Å². The van der Waals surface area contributed by atoms with Crippen molar-refractivity contribution in [2.75, 3.05) is 20.3 Å². The molecule has 152 valence electrons. The van der Waals surface area contributed by atoms with E-state index in [9.17, 15) is 4.79 Å². The van der Waals surface area contributed by atoms with Gasteiger partial charge in [0.1, 0.15) is 0 Å². The molecular formula is C23H31ClN2O2. The van der Waals surface area contributed by atoms with E-state index < -0.39 is 0 Å². The van der Waals surface area contributed by atoms with Crippen molar-refractivity contribution in [1.29, 1.82) is 0 Å². The number of amides is 1. The van der Waals surface area contributed by atoms with Crippen LogP contribution in [0.3, 0.4) is 0 Å². The molecule has 4 nitrogen and oxygen atoms in total. The quantitative estimate of drug-likeness (QED) is 0.551. The van der Waals surface area contributed by atoms with Gasteiger partial charge in [-0.2, -0.15) is 0 Å². The molecule has 0 N–H and O–H groups in total. The zero-order valence-corrected chi connectivity index (χ0v) is 17.5. The third kappa shape index (κ3) is 6.11. The molecule has 1 saturated carbocycles. The summed E-state index contributed by atoms with van der Waals surface area (Å²) in [5, 5.41) is 0.745. The number of halogens is 1. The van der Waals surface area contributed by atoms with Crippen molar-refractivity contribution in [2.24, 2.45) is 5.92 Å². The lowest BCUT2D eigenvalue weighted by Crippen LogP contribution is -2.34. The van der Waals surface area contributed by atoms with E-state index in [1.165, 1.54) is 25.7 Å². The van der Waals surface area contributed by atoms with Crippen LogP contribution in [-0.4, -0.2) is 35.6 Å². The number of hydrogen-bond acceptors (Lipinski definition) is 2. The Morgan fingerprint density at radius 3 is 2.82 bits per heavy atom. The molecular weight excluding hydrogens is 372 g/mol. The Labute approximate surface area is 173 Å². The first-order valence-corrected chi connectivity index (χ1v) is 10.7. The second-order valence-electron chi connectivity index (χ2n) is 7.75. The molecule has 0 bridgehead atoms. The van der Waals surface area contributed by atoms with E-state index in [1.807, 2.05) is 29.2 Å². The minimum atomic E-state index is 0.236. The average Bonchev–Trinajstić information content (AvgIpc) is 3.35. The highest BCUT2D eigenvalue weighted by atomic mass is 35.5. The summed E-state index contributed by atoms with van der Waals surface area (Å²) in [6.07, 6.45) is 8.94. The van der Waals surface area contributed by atoms with Crippen LogP contribution in [0.15, 0.2) is 42.6 Å². The topological polar surface area (TPSA) is 34.5 Å². The number of benzene rings is 1. The van der Waals surface area contributed by atoms with Gasteiger partial charge in [0.25, 0.3) is 0 Å². The average molecular weight is 403 g/mol. The number of carbonyl (C=O) groups is 1. The van der Waals surface area contributed by atoms with E-state index in [0.717, 1.165) is 35.2 Å².